The smallest absolute Gasteiger partial charge is 0.160 e. The van der Waals surface area contributed by atoms with E-state index in [1.165, 1.54) is 33.0 Å². The molecule has 1 heterocycles. The zero-order chi connectivity index (χ0) is 27.9. The minimum Gasteiger partial charge on any atom is -0.454 e. The predicted molar refractivity (Wildman–Crippen MR) is 178 cm³/mol. The summed E-state index contributed by atoms with van der Waals surface area (Å²) in [7, 11) is 0. The van der Waals surface area contributed by atoms with Gasteiger partial charge in [0.25, 0.3) is 0 Å². The van der Waals surface area contributed by atoms with Gasteiger partial charge in [0.05, 0.1) is 5.69 Å². The van der Waals surface area contributed by atoms with E-state index in [2.05, 4.69) is 151 Å². The molecule has 0 radical (unpaired) electrons. The van der Waals surface area contributed by atoms with Crippen molar-refractivity contribution < 1.29 is 4.42 Å². The van der Waals surface area contributed by atoms with Crippen LogP contribution in [0.15, 0.2) is 156 Å². The minimum absolute atomic E-state index is 0.893. The lowest BCUT2D eigenvalue weighted by atomic mass is 9.98. The van der Waals surface area contributed by atoms with Crippen LogP contribution in [0.3, 0.4) is 0 Å². The van der Waals surface area contributed by atoms with Crippen LogP contribution in [0.1, 0.15) is 18.4 Å². The fourth-order valence-electron chi connectivity index (χ4n) is 6.21. The molecular formula is C40H29NO. The fourth-order valence-corrected chi connectivity index (χ4v) is 6.21. The van der Waals surface area contributed by atoms with Gasteiger partial charge in [-0.05, 0) is 82.3 Å². The molecule has 1 aliphatic carbocycles. The number of hydrogen-bond acceptors (Lipinski definition) is 2. The molecule has 0 atom stereocenters. The number of allylic oxidation sites excluding steroid dienone is 4. The number of benzene rings is 6. The second-order valence-corrected chi connectivity index (χ2v) is 10.9. The molecule has 0 bridgehead atoms. The van der Waals surface area contributed by atoms with Gasteiger partial charge in [-0.15, -0.1) is 0 Å². The number of anilines is 3. The third kappa shape index (κ3) is 4.20. The third-order valence-electron chi connectivity index (χ3n) is 8.28. The SMILES string of the molecule is C1=CC(c2ccc(N(c3ccc(-c4ccccc4)cc3)c3cc4ccccc4c4c3oc3ccccc34)cc2)=CCC1. The van der Waals surface area contributed by atoms with E-state index >= 15 is 0 Å². The molecule has 2 nitrogen and oxygen atoms in total. The van der Waals surface area contributed by atoms with Crippen molar-refractivity contribution in [3.8, 4) is 11.1 Å². The molecule has 8 rings (SSSR count). The lowest BCUT2D eigenvalue weighted by molar-refractivity contribution is 0.669. The molecule has 0 spiro atoms. The van der Waals surface area contributed by atoms with Crippen LogP contribution in [-0.2, 0) is 0 Å². The van der Waals surface area contributed by atoms with Gasteiger partial charge in [0.2, 0.25) is 0 Å². The molecule has 0 saturated heterocycles. The summed E-state index contributed by atoms with van der Waals surface area (Å²) < 4.78 is 6.67. The largest absolute Gasteiger partial charge is 0.454 e. The molecule has 0 amide bonds. The fraction of sp³-hybridized carbons (Fsp3) is 0.0500. The highest BCUT2D eigenvalue weighted by Gasteiger charge is 2.22. The van der Waals surface area contributed by atoms with E-state index in [4.69, 9.17) is 4.42 Å². The Morgan fingerprint density at radius 1 is 0.548 bits per heavy atom. The summed E-state index contributed by atoms with van der Waals surface area (Å²) in [4.78, 5) is 2.33. The van der Waals surface area contributed by atoms with E-state index in [1.54, 1.807) is 0 Å². The first-order valence-corrected chi connectivity index (χ1v) is 14.6. The Morgan fingerprint density at radius 3 is 1.93 bits per heavy atom. The second kappa shape index (κ2) is 10.2. The number of hydrogen-bond donors (Lipinski definition) is 0. The van der Waals surface area contributed by atoms with Crippen molar-refractivity contribution >= 4 is 55.3 Å². The highest BCUT2D eigenvalue weighted by Crippen LogP contribution is 2.45. The van der Waals surface area contributed by atoms with Gasteiger partial charge < -0.3 is 9.32 Å². The molecule has 0 fully saturated rings. The molecule has 2 heteroatoms. The van der Waals surface area contributed by atoms with E-state index < -0.39 is 0 Å². The van der Waals surface area contributed by atoms with Gasteiger partial charge in [-0.3, -0.25) is 0 Å². The number of furan rings is 1. The van der Waals surface area contributed by atoms with Crippen molar-refractivity contribution in [2.45, 2.75) is 12.8 Å². The zero-order valence-electron chi connectivity index (χ0n) is 23.2. The number of nitrogens with zero attached hydrogens (tertiary/aromatic N) is 1. The van der Waals surface area contributed by atoms with Crippen molar-refractivity contribution in [2.75, 3.05) is 4.90 Å². The Kier molecular flexibility index (Phi) is 5.97. The Balaban J connectivity index is 1.35. The summed E-state index contributed by atoms with van der Waals surface area (Å²) in [6.45, 7) is 0. The van der Waals surface area contributed by atoms with Crippen LogP contribution in [0.2, 0.25) is 0 Å². The number of fused-ring (bicyclic) bond motifs is 5. The summed E-state index contributed by atoms with van der Waals surface area (Å²) in [6.07, 6.45) is 9.03. The molecule has 0 saturated carbocycles. The average Bonchev–Trinajstić information content (AvgIpc) is 3.47. The molecule has 0 aliphatic heterocycles. The number of para-hydroxylation sites is 1. The normalized spacial score (nSPS) is 13.1. The van der Waals surface area contributed by atoms with Crippen molar-refractivity contribution in [3.63, 3.8) is 0 Å². The Labute approximate surface area is 245 Å². The van der Waals surface area contributed by atoms with Crippen LogP contribution in [0.25, 0.3) is 49.4 Å². The quantitative estimate of drug-likeness (QED) is 0.216. The van der Waals surface area contributed by atoms with Crippen LogP contribution >= 0.6 is 0 Å². The van der Waals surface area contributed by atoms with Gasteiger partial charge >= 0.3 is 0 Å². The summed E-state index contributed by atoms with van der Waals surface area (Å²) in [6, 6.07) is 47.5. The van der Waals surface area contributed by atoms with Crippen LogP contribution in [-0.4, -0.2) is 0 Å². The Bertz CT molecular complexity index is 2110. The summed E-state index contributed by atoms with van der Waals surface area (Å²) in [5, 5.41) is 4.67. The van der Waals surface area contributed by atoms with E-state index in [-0.39, 0.29) is 0 Å². The monoisotopic (exact) mass is 539 g/mol. The molecule has 200 valence electrons. The van der Waals surface area contributed by atoms with Gasteiger partial charge in [0.15, 0.2) is 5.58 Å². The maximum Gasteiger partial charge on any atom is 0.160 e. The summed E-state index contributed by atoms with van der Waals surface area (Å²) in [5.74, 6) is 0. The first-order chi connectivity index (χ1) is 20.8. The summed E-state index contributed by atoms with van der Waals surface area (Å²) >= 11 is 0. The van der Waals surface area contributed by atoms with Gasteiger partial charge in [-0.2, -0.15) is 0 Å². The standard InChI is InChI=1S/C40H29NO/c1-3-11-28(12-4-1)30-19-23-33(24-20-30)41(34-25-21-31(22-26-34)29-13-5-2-6-14-29)37-27-32-15-7-8-16-35(32)39-36-17-9-10-18-38(36)42-40(37)39/h1,3-5,7-27H,2,6H2. The molecule has 0 N–H and O–H groups in total. The molecule has 6 aromatic carbocycles. The molecule has 7 aromatic rings. The van der Waals surface area contributed by atoms with Crippen molar-refractivity contribution in [2.24, 2.45) is 0 Å². The third-order valence-corrected chi connectivity index (χ3v) is 8.28. The van der Waals surface area contributed by atoms with Gasteiger partial charge in [0, 0.05) is 22.1 Å². The topological polar surface area (TPSA) is 16.4 Å². The average molecular weight is 540 g/mol. The lowest BCUT2D eigenvalue weighted by Gasteiger charge is -2.26. The van der Waals surface area contributed by atoms with E-state index in [9.17, 15) is 0 Å². The first-order valence-electron chi connectivity index (χ1n) is 14.6. The molecule has 42 heavy (non-hydrogen) atoms. The van der Waals surface area contributed by atoms with Gasteiger partial charge in [-0.1, -0.05) is 115 Å². The maximum absolute atomic E-state index is 6.67. The van der Waals surface area contributed by atoms with Gasteiger partial charge in [0.1, 0.15) is 5.58 Å². The van der Waals surface area contributed by atoms with E-state index in [1.807, 2.05) is 6.07 Å². The zero-order valence-corrected chi connectivity index (χ0v) is 23.2. The van der Waals surface area contributed by atoms with Crippen molar-refractivity contribution in [1.82, 2.24) is 0 Å². The first kappa shape index (κ1) is 24.5. The minimum atomic E-state index is 0.893. The predicted octanol–water partition coefficient (Wildman–Crippen LogP) is 11.6. The summed E-state index contributed by atoms with van der Waals surface area (Å²) in [5.41, 5.74) is 9.91. The van der Waals surface area contributed by atoms with Gasteiger partial charge in [-0.25, -0.2) is 0 Å². The van der Waals surface area contributed by atoms with E-state index in [0.717, 1.165) is 51.8 Å². The molecule has 1 aromatic heterocycles. The number of rotatable bonds is 5. The van der Waals surface area contributed by atoms with E-state index in [0.29, 0.717) is 0 Å². The Hall–Kier alpha value is -5.34. The van der Waals surface area contributed by atoms with Crippen molar-refractivity contribution in [1.29, 1.82) is 0 Å². The Morgan fingerprint density at radius 2 is 1.19 bits per heavy atom. The van der Waals surface area contributed by atoms with Crippen LogP contribution < -0.4 is 4.90 Å². The molecule has 1 aliphatic rings. The van der Waals surface area contributed by atoms with Crippen LogP contribution in [0.5, 0.6) is 0 Å². The molecular weight excluding hydrogens is 510 g/mol. The highest BCUT2D eigenvalue weighted by molar-refractivity contribution is 6.22. The van der Waals surface area contributed by atoms with Crippen LogP contribution in [0.4, 0.5) is 17.1 Å². The molecule has 0 unspecified atom stereocenters. The maximum atomic E-state index is 6.67. The second-order valence-electron chi connectivity index (χ2n) is 10.9. The highest BCUT2D eigenvalue weighted by atomic mass is 16.3. The van der Waals surface area contributed by atoms with Crippen LogP contribution in [0, 0.1) is 0 Å². The lowest BCUT2D eigenvalue weighted by Crippen LogP contribution is -2.10. The van der Waals surface area contributed by atoms with Crippen molar-refractivity contribution in [3.05, 3.63) is 157 Å².